The number of methoxy groups -OCH3 is 1. The molecule has 4 rings (SSSR count). The largest absolute Gasteiger partial charge is 0.497 e. The molecule has 1 saturated heterocycles. The molecular formula is C25H30N4O6S. The summed E-state index contributed by atoms with van der Waals surface area (Å²) >= 11 is 0. The Bertz CT molecular complexity index is 1230. The number of hydrogen-bond acceptors (Lipinski definition) is 6. The van der Waals surface area contributed by atoms with E-state index in [0.717, 1.165) is 11.1 Å². The summed E-state index contributed by atoms with van der Waals surface area (Å²) in [6.45, 7) is 0.569. The number of benzene rings is 2. The highest BCUT2D eigenvalue weighted by Gasteiger charge is 2.45. The summed E-state index contributed by atoms with van der Waals surface area (Å²) in [6.07, 6.45) is 2.03. The molecule has 2 fully saturated rings. The number of urea groups is 1. The number of fused-ring (bicyclic) bond motifs is 1. The predicted molar refractivity (Wildman–Crippen MR) is 131 cm³/mol. The number of nitrogens with two attached hydrogens (primary N) is 1. The molecule has 192 valence electrons. The molecule has 1 saturated carbocycles. The van der Waals surface area contributed by atoms with Crippen molar-refractivity contribution in [1.29, 1.82) is 0 Å². The van der Waals surface area contributed by atoms with Gasteiger partial charge in [-0.2, -0.15) is 0 Å². The highest BCUT2D eigenvalue weighted by atomic mass is 32.2. The summed E-state index contributed by atoms with van der Waals surface area (Å²) in [5, 5.41) is 10.9. The second kappa shape index (κ2) is 10.7. The van der Waals surface area contributed by atoms with Crippen molar-refractivity contribution in [3.05, 3.63) is 59.7 Å². The van der Waals surface area contributed by atoms with Gasteiger partial charge in [-0.3, -0.25) is 14.5 Å². The van der Waals surface area contributed by atoms with E-state index in [1.807, 2.05) is 12.1 Å². The maximum Gasteiger partial charge on any atom is 0.324 e. The molecule has 0 spiro atoms. The van der Waals surface area contributed by atoms with Gasteiger partial charge in [0.15, 0.2) is 0 Å². The molecule has 10 nitrogen and oxygen atoms in total. The number of rotatable bonds is 8. The van der Waals surface area contributed by atoms with Gasteiger partial charge < -0.3 is 15.4 Å². The molecule has 3 unspecified atom stereocenters. The molecule has 2 aliphatic rings. The van der Waals surface area contributed by atoms with Gasteiger partial charge in [0, 0.05) is 18.5 Å². The zero-order valence-corrected chi connectivity index (χ0v) is 20.8. The number of nitrogens with one attached hydrogen (secondary N) is 2. The first kappa shape index (κ1) is 25.6. The van der Waals surface area contributed by atoms with Gasteiger partial charge in [0.05, 0.1) is 24.5 Å². The molecule has 1 aliphatic heterocycles. The standard InChI is InChI=1S/C25H30N4O6S/c1-35-19-7-2-17(3-8-19)15-29-24(31)21-11-6-18(14-22(21)28-25(29)32)23(30)27-13-12-16-4-9-20(10-5-16)36(26,33)34/h2-5,7-10,18,21-22H,6,11-15H2,1H3,(H,27,30)(H,28,32)(H2,26,33,34). The molecule has 4 amide bonds. The minimum atomic E-state index is -3.74. The first-order valence-corrected chi connectivity index (χ1v) is 13.3. The highest BCUT2D eigenvalue weighted by Crippen LogP contribution is 2.33. The Morgan fingerprint density at radius 3 is 2.39 bits per heavy atom. The van der Waals surface area contributed by atoms with Crippen molar-refractivity contribution >= 4 is 27.9 Å². The van der Waals surface area contributed by atoms with Crippen molar-refractivity contribution in [2.45, 2.75) is 43.2 Å². The second-order valence-electron chi connectivity index (χ2n) is 9.17. The van der Waals surface area contributed by atoms with E-state index >= 15 is 0 Å². The summed E-state index contributed by atoms with van der Waals surface area (Å²) in [6, 6.07) is 12.6. The molecule has 1 aliphatic carbocycles. The van der Waals surface area contributed by atoms with Crippen LogP contribution in [0.25, 0.3) is 0 Å². The van der Waals surface area contributed by atoms with E-state index in [1.54, 1.807) is 31.4 Å². The third-order valence-electron chi connectivity index (χ3n) is 6.82. The lowest BCUT2D eigenvalue weighted by molar-refractivity contribution is -0.139. The van der Waals surface area contributed by atoms with Crippen molar-refractivity contribution in [1.82, 2.24) is 15.5 Å². The van der Waals surface area contributed by atoms with Crippen LogP contribution in [0.2, 0.25) is 0 Å². The van der Waals surface area contributed by atoms with E-state index in [0.29, 0.717) is 38.0 Å². The van der Waals surface area contributed by atoms with Crippen LogP contribution in [0.5, 0.6) is 5.75 Å². The molecule has 1 heterocycles. The van der Waals surface area contributed by atoms with Crippen LogP contribution in [0, 0.1) is 11.8 Å². The van der Waals surface area contributed by atoms with Crippen molar-refractivity contribution in [2.75, 3.05) is 13.7 Å². The molecule has 0 radical (unpaired) electrons. The molecule has 0 aromatic heterocycles. The summed E-state index contributed by atoms with van der Waals surface area (Å²) in [4.78, 5) is 39.8. The Labute approximate surface area is 210 Å². The average Bonchev–Trinajstić information content (AvgIpc) is 2.86. The minimum absolute atomic E-state index is 0.0405. The number of carbonyl (C=O) groups excluding carboxylic acids is 3. The molecular weight excluding hydrogens is 484 g/mol. The summed E-state index contributed by atoms with van der Waals surface area (Å²) in [5.41, 5.74) is 1.69. The smallest absolute Gasteiger partial charge is 0.324 e. The fourth-order valence-corrected chi connectivity index (χ4v) is 5.30. The maximum absolute atomic E-state index is 13.1. The summed E-state index contributed by atoms with van der Waals surface area (Å²) in [7, 11) is -2.16. The first-order chi connectivity index (χ1) is 17.2. The van der Waals surface area contributed by atoms with E-state index in [-0.39, 0.29) is 41.1 Å². The van der Waals surface area contributed by atoms with Crippen LogP contribution in [0.4, 0.5) is 4.79 Å². The van der Waals surface area contributed by atoms with E-state index in [4.69, 9.17) is 9.88 Å². The van der Waals surface area contributed by atoms with Gasteiger partial charge in [0.1, 0.15) is 5.75 Å². The topological polar surface area (TPSA) is 148 Å². The lowest BCUT2D eigenvalue weighted by atomic mass is 9.76. The van der Waals surface area contributed by atoms with Gasteiger partial charge in [-0.25, -0.2) is 18.4 Å². The van der Waals surface area contributed by atoms with Crippen molar-refractivity contribution in [3.8, 4) is 5.75 Å². The molecule has 3 atom stereocenters. The Morgan fingerprint density at radius 1 is 1.08 bits per heavy atom. The third-order valence-corrected chi connectivity index (χ3v) is 7.75. The quantitative estimate of drug-likeness (QED) is 0.487. The molecule has 4 N–H and O–H groups in total. The van der Waals surface area contributed by atoms with Crippen LogP contribution < -0.4 is 20.5 Å². The first-order valence-electron chi connectivity index (χ1n) is 11.8. The second-order valence-corrected chi connectivity index (χ2v) is 10.7. The molecule has 11 heteroatoms. The normalized spacial score (nSPS) is 21.9. The molecule has 2 aromatic carbocycles. The molecule has 0 bridgehead atoms. The Hall–Kier alpha value is -3.44. The number of hydrogen-bond donors (Lipinski definition) is 3. The van der Waals surface area contributed by atoms with E-state index in [1.165, 1.54) is 17.0 Å². The van der Waals surface area contributed by atoms with Crippen LogP contribution in [-0.2, 0) is 32.6 Å². The number of carbonyl (C=O) groups is 3. The zero-order chi connectivity index (χ0) is 25.9. The van der Waals surface area contributed by atoms with Gasteiger partial charge in [-0.15, -0.1) is 0 Å². The van der Waals surface area contributed by atoms with E-state index < -0.39 is 16.1 Å². The number of nitrogens with zero attached hydrogens (tertiary/aromatic N) is 1. The van der Waals surface area contributed by atoms with Gasteiger partial charge in [-0.05, 0) is 61.1 Å². The molecule has 36 heavy (non-hydrogen) atoms. The summed E-state index contributed by atoms with van der Waals surface area (Å²) < 4.78 is 27.9. The number of ether oxygens (including phenoxy) is 1. The highest BCUT2D eigenvalue weighted by molar-refractivity contribution is 7.89. The van der Waals surface area contributed by atoms with Crippen LogP contribution in [-0.4, -0.2) is 50.9 Å². The predicted octanol–water partition coefficient (Wildman–Crippen LogP) is 1.54. The lowest BCUT2D eigenvalue weighted by Gasteiger charge is -2.42. The Balaban J connectivity index is 1.28. The number of sulfonamides is 1. The van der Waals surface area contributed by atoms with Crippen LogP contribution in [0.15, 0.2) is 53.4 Å². The van der Waals surface area contributed by atoms with Crippen molar-refractivity contribution < 1.29 is 27.5 Å². The molecule has 2 aromatic rings. The lowest BCUT2D eigenvalue weighted by Crippen LogP contribution is -2.61. The minimum Gasteiger partial charge on any atom is -0.497 e. The third kappa shape index (κ3) is 5.85. The van der Waals surface area contributed by atoms with Crippen LogP contribution in [0.1, 0.15) is 30.4 Å². The van der Waals surface area contributed by atoms with Crippen LogP contribution >= 0.6 is 0 Å². The van der Waals surface area contributed by atoms with Gasteiger partial charge >= 0.3 is 6.03 Å². The summed E-state index contributed by atoms with van der Waals surface area (Å²) in [5.74, 6) is -0.261. The number of amides is 4. The average molecular weight is 515 g/mol. The maximum atomic E-state index is 13.1. The number of imide groups is 1. The van der Waals surface area contributed by atoms with E-state index in [2.05, 4.69) is 10.6 Å². The van der Waals surface area contributed by atoms with Gasteiger partial charge in [0.2, 0.25) is 21.8 Å². The Kier molecular flexibility index (Phi) is 7.60. The van der Waals surface area contributed by atoms with Crippen molar-refractivity contribution in [3.63, 3.8) is 0 Å². The van der Waals surface area contributed by atoms with Crippen molar-refractivity contribution in [2.24, 2.45) is 17.0 Å². The van der Waals surface area contributed by atoms with Gasteiger partial charge in [-0.1, -0.05) is 24.3 Å². The Morgan fingerprint density at radius 2 is 1.75 bits per heavy atom. The fraction of sp³-hybridized carbons (Fsp3) is 0.400. The number of primary sulfonamides is 1. The zero-order valence-electron chi connectivity index (χ0n) is 20.0. The monoisotopic (exact) mass is 514 g/mol. The van der Waals surface area contributed by atoms with Crippen LogP contribution in [0.3, 0.4) is 0 Å². The van der Waals surface area contributed by atoms with Gasteiger partial charge in [0.25, 0.3) is 0 Å². The van der Waals surface area contributed by atoms with E-state index in [9.17, 15) is 22.8 Å². The fourth-order valence-electron chi connectivity index (χ4n) is 4.78. The SMILES string of the molecule is COc1ccc(CN2C(=O)NC3CC(C(=O)NCCc4ccc(S(N)(=O)=O)cc4)CCC3C2=O)cc1.